The highest BCUT2D eigenvalue weighted by molar-refractivity contribution is 4.66. The molecular weight excluding hydrogens is 174 g/mol. The quantitative estimate of drug-likeness (QED) is 0.700. The van der Waals surface area contributed by atoms with Crippen LogP contribution in [0, 0.1) is 0 Å². The van der Waals surface area contributed by atoms with Crippen molar-refractivity contribution in [3.63, 3.8) is 0 Å². The van der Waals surface area contributed by atoms with Crippen molar-refractivity contribution in [1.82, 2.24) is 15.1 Å². The Labute approximate surface area is 88.5 Å². The van der Waals surface area contributed by atoms with Crippen molar-refractivity contribution in [3.8, 4) is 0 Å². The SMILES string of the molecule is CCCN(C)CCN1CCCNCC1. The molecule has 0 radical (unpaired) electrons. The molecule has 0 aromatic rings. The lowest BCUT2D eigenvalue weighted by Crippen LogP contribution is -2.35. The van der Waals surface area contributed by atoms with Crippen LogP contribution in [0.3, 0.4) is 0 Å². The maximum Gasteiger partial charge on any atom is 0.0110 e. The molecule has 1 saturated heterocycles. The Kier molecular flexibility index (Phi) is 6.15. The van der Waals surface area contributed by atoms with Crippen molar-refractivity contribution in [3.05, 3.63) is 0 Å². The summed E-state index contributed by atoms with van der Waals surface area (Å²) < 4.78 is 0. The molecule has 0 saturated carbocycles. The molecule has 0 atom stereocenters. The van der Waals surface area contributed by atoms with Crippen LogP contribution in [0.2, 0.25) is 0 Å². The lowest BCUT2D eigenvalue weighted by atomic mass is 10.3. The van der Waals surface area contributed by atoms with Gasteiger partial charge in [-0.1, -0.05) is 6.92 Å². The molecular formula is C11H25N3. The summed E-state index contributed by atoms with van der Waals surface area (Å²) >= 11 is 0. The average molecular weight is 199 g/mol. The Hall–Kier alpha value is -0.120. The number of hydrogen-bond acceptors (Lipinski definition) is 3. The summed E-state index contributed by atoms with van der Waals surface area (Å²) in [4.78, 5) is 5.00. The molecule has 0 aromatic heterocycles. The van der Waals surface area contributed by atoms with E-state index < -0.39 is 0 Å². The fourth-order valence-corrected chi connectivity index (χ4v) is 1.93. The second kappa shape index (κ2) is 7.21. The first-order chi connectivity index (χ1) is 6.83. The molecule has 84 valence electrons. The van der Waals surface area contributed by atoms with Crippen LogP contribution in [0.5, 0.6) is 0 Å². The van der Waals surface area contributed by atoms with Gasteiger partial charge in [-0.3, -0.25) is 0 Å². The van der Waals surface area contributed by atoms with E-state index in [2.05, 4.69) is 29.1 Å². The first kappa shape index (κ1) is 12.0. The van der Waals surface area contributed by atoms with E-state index in [1.807, 2.05) is 0 Å². The Morgan fingerprint density at radius 1 is 1.21 bits per heavy atom. The van der Waals surface area contributed by atoms with Gasteiger partial charge in [0.15, 0.2) is 0 Å². The highest BCUT2D eigenvalue weighted by Crippen LogP contribution is 1.96. The van der Waals surface area contributed by atoms with Crippen LogP contribution < -0.4 is 5.32 Å². The molecule has 0 bridgehead atoms. The van der Waals surface area contributed by atoms with Crippen LogP contribution in [0.15, 0.2) is 0 Å². The Bertz CT molecular complexity index is 130. The molecule has 0 amide bonds. The largest absolute Gasteiger partial charge is 0.315 e. The van der Waals surface area contributed by atoms with E-state index in [0.29, 0.717) is 0 Å². The summed E-state index contributed by atoms with van der Waals surface area (Å²) in [6.45, 7) is 10.8. The van der Waals surface area contributed by atoms with Gasteiger partial charge in [-0.2, -0.15) is 0 Å². The highest BCUT2D eigenvalue weighted by atomic mass is 15.2. The van der Waals surface area contributed by atoms with Crippen molar-refractivity contribution >= 4 is 0 Å². The van der Waals surface area contributed by atoms with E-state index in [4.69, 9.17) is 0 Å². The molecule has 0 spiro atoms. The zero-order valence-corrected chi connectivity index (χ0v) is 9.76. The first-order valence-corrected chi connectivity index (χ1v) is 5.94. The van der Waals surface area contributed by atoms with Gasteiger partial charge in [-0.15, -0.1) is 0 Å². The number of nitrogens with one attached hydrogen (secondary N) is 1. The maximum atomic E-state index is 3.43. The van der Waals surface area contributed by atoms with Crippen LogP contribution in [-0.2, 0) is 0 Å². The molecule has 3 nitrogen and oxygen atoms in total. The summed E-state index contributed by atoms with van der Waals surface area (Å²) in [7, 11) is 2.22. The van der Waals surface area contributed by atoms with Crippen LogP contribution >= 0.6 is 0 Å². The van der Waals surface area contributed by atoms with Gasteiger partial charge in [0.2, 0.25) is 0 Å². The topological polar surface area (TPSA) is 18.5 Å². The van der Waals surface area contributed by atoms with Gasteiger partial charge in [-0.05, 0) is 39.5 Å². The van der Waals surface area contributed by atoms with Crippen LogP contribution in [-0.4, -0.2) is 62.7 Å². The molecule has 14 heavy (non-hydrogen) atoms. The number of likely N-dealkylation sites (N-methyl/N-ethyl adjacent to an activating group) is 1. The van der Waals surface area contributed by atoms with E-state index in [0.717, 1.165) is 6.54 Å². The molecule has 0 unspecified atom stereocenters. The number of rotatable bonds is 5. The van der Waals surface area contributed by atoms with E-state index in [-0.39, 0.29) is 0 Å². The Morgan fingerprint density at radius 2 is 2.07 bits per heavy atom. The Morgan fingerprint density at radius 3 is 2.86 bits per heavy atom. The van der Waals surface area contributed by atoms with E-state index >= 15 is 0 Å². The summed E-state index contributed by atoms with van der Waals surface area (Å²) in [5.74, 6) is 0. The van der Waals surface area contributed by atoms with Gasteiger partial charge < -0.3 is 15.1 Å². The predicted molar refractivity (Wildman–Crippen MR) is 61.7 cm³/mol. The van der Waals surface area contributed by atoms with E-state index in [9.17, 15) is 0 Å². The van der Waals surface area contributed by atoms with Gasteiger partial charge >= 0.3 is 0 Å². The van der Waals surface area contributed by atoms with Crippen molar-refractivity contribution < 1.29 is 0 Å². The van der Waals surface area contributed by atoms with Crippen LogP contribution in [0.4, 0.5) is 0 Å². The molecule has 1 fully saturated rings. The van der Waals surface area contributed by atoms with Gasteiger partial charge in [-0.25, -0.2) is 0 Å². The minimum Gasteiger partial charge on any atom is -0.315 e. The zero-order chi connectivity index (χ0) is 10.2. The predicted octanol–water partition coefficient (Wildman–Crippen LogP) is 0.624. The zero-order valence-electron chi connectivity index (χ0n) is 9.76. The normalized spacial score (nSPS) is 19.9. The third kappa shape index (κ3) is 4.94. The second-order valence-corrected chi connectivity index (χ2v) is 4.25. The van der Waals surface area contributed by atoms with Crippen molar-refractivity contribution in [2.75, 3.05) is 52.9 Å². The molecule has 1 aliphatic heterocycles. The molecule has 1 rings (SSSR count). The van der Waals surface area contributed by atoms with Crippen molar-refractivity contribution in [2.24, 2.45) is 0 Å². The summed E-state index contributed by atoms with van der Waals surface area (Å²) in [5.41, 5.74) is 0. The fraction of sp³-hybridized carbons (Fsp3) is 1.00. The minimum atomic E-state index is 1.16. The van der Waals surface area contributed by atoms with Crippen LogP contribution in [0.25, 0.3) is 0 Å². The van der Waals surface area contributed by atoms with Gasteiger partial charge in [0.25, 0.3) is 0 Å². The maximum absolute atomic E-state index is 3.43. The third-order valence-corrected chi connectivity index (χ3v) is 2.84. The smallest absolute Gasteiger partial charge is 0.0110 e. The lowest BCUT2D eigenvalue weighted by Gasteiger charge is -2.23. The number of nitrogens with zero attached hydrogens (tertiary/aromatic N) is 2. The van der Waals surface area contributed by atoms with E-state index in [1.165, 1.54) is 52.1 Å². The molecule has 1 heterocycles. The molecule has 3 heteroatoms. The molecule has 1 aliphatic rings. The van der Waals surface area contributed by atoms with E-state index in [1.54, 1.807) is 0 Å². The monoisotopic (exact) mass is 199 g/mol. The summed E-state index contributed by atoms with van der Waals surface area (Å²) in [5, 5.41) is 3.43. The lowest BCUT2D eigenvalue weighted by molar-refractivity contribution is 0.235. The molecule has 0 aromatic carbocycles. The van der Waals surface area contributed by atoms with Crippen molar-refractivity contribution in [2.45, 2.75) is 19.8 Å². The Balaban J connectivity index is 2.09. The van der Waals surface area contributed by atoms with Gasteiger partial charge in [0, 0.05) is 26.2 Å². The summed E-state index contributed by atoms with van der Waals surface area (Å²) in [6, 6.07) is 0. The minimum absolute atomic E-state index is 1.16. The number of hydrogen-bond donors (Lipinski definition) is 1. The average Bonchev–Trinajstić information content (AvgIpc) is 2.43. The highest BCUT2D eigenvalue weighted by Gasteiger charge is 2.08. The van der Waals surface area contributed by atoms with Crippen LogP contribution in [0.1, 0.15) is 19.8 Å². The van der Waals surface area contributed by atoms with Gasteiger partial charge in [0.05, 0.1) is 0 Å². The molecule has 1 N–H and O–H groups in total. The standard InChI is InChI=1S/C11H25N3/c1-3-7-13(2)10-11-14-8-4-5-12-6-9-14/h12H,3-11H2,1-2H3. The van der Waals surface area contributed by atoms with Crippen molar-refractivity contribution in [1.29, 1.82) is 0 Å². The first-order valence-electron chi connectivity index (χ1n) is 5.94. The fourth-order valence-electron chi connectivity index (χ4n) is 1.93. The molecule has 0 aliphatic carbocycles. The third-order valence-electron chi connectivity index (χ3n) is 2.84. The second-order valence-electron chi connectivity index (χ2n) is 4.25. The summed E-state index contributed by atoms with van der Waals surface area (Å²) in [6.07, 6.45) is 2.57. The van der Waals surface area contributed by atoms with Gasteiger partial charge in [0.1, 0.15) is 0 Å².